The summed E-state index contributed by atoms with van der Waals surface area (Å²) >= 11 is 12.2. The van der Waals surface area contributed by atoms with Crippen molar-refractivity contribution in [3.05, 3.63) is 52.0 Å². The van der Waals surface area contributed by atoms with Gasteiger partial charge in [-0.2, -0.15) is 0 Å². The standard InChI is InChI=1S/C21H20Cl2N2O6/c1-25(11-18(26)24-16-6-3-2-5-14(16)22)19(27)12-31-21(28)13-9-15(23)20-17(10-13)29-7-4-8-30-20/h2-3,5-6,9-10H,4,7-8,11-12H2,1H3,(H,24,26). The topological polar surface area (TPSA) is 94.2 Å². The molecule has 2 aromatic rings. The SMILES string of the molecule is CN(CC(=O)Nc1ccccc1Cl)C(=O)COC(=O)c1cc(Cl)c2c(c1)OCCCO2. The van der Waals surface area contributed by atoms with Crippen molar-refractivity contribution < 1.29 is 28.6 Å². The van der Waals surface area contributed by atoms with Crippen LogP contribution in [-0.2, 0) is 14.3 Å². The van der Waals surface area contributed by atoms with Gasteiger partial charge in [0, 0.05) is 13.5 Å². The van der Waals surface area contributed by atoms with E-state index >= 15 is 0 Å². The van der Waals surface area contributed by atoms with Gasteiger partial charge in [-0.3, -0.25) is 9.59 Å². The Labute approximate surface area is 189 Å². The third-order valence-corrected chi connectivity index (χ3v) is 4.93. The van der Waals surface area contributed by atoms with Crippen LogP contribution < -0.4 is 14.8 Å². The van der Waals surface area contributed by atoms with Gasteiger partial charge in [-0.25, -0.2) is 4.79 Å². The van der Waals surface area contributed by atoms with Crippen LogP contribution in [-0.4, -0.2) is 56.1 Å². The Hall–Kier alpha value is -2.97. The number of hydrogen-bond donors (Lipinski definition) is 1. The number of nitrogens with zero attached hydrogens (tertiary/aromatic N) is 1. The third kappa shape index (κ3) is 6.02. The highest BCUT2D eigenvalue weighted by Crippen LogP contribution is 2.38. The van der Waals surface area contributed by atoms with Gasteiger partial charge in [-0.1, -0.05) is 35.3 Å². The maximum Gasteiger partial charge on any atom is 0.338 e. The molecule has 8 nitrogen and oxygen atoms in total. The van der Waals surface area contributed by atoms with Crippen LogP contribution in [0.1, 0.15) is 16.8 Å². The highest BCUT2D eigenvalue weighted by atomic mass is 35.5. The van der Waals surface area contributed by atoms with Crippen molar-refractivity contribution in [3.63, 3.8) is 0 Å². The van der Waals surface area contributed by atoms with Crippen molar-refractivity contribution in [1.29, 1.82) is 0 Å². The van der Waals surface area contributed by atoms with Gasteiger partial charge in [0.2, 0.25) is 5.91 Å². The Kier molecular flexibility index (Phi) is 7.59. The summed E-state index contributed by atoms with van der Waals surface area (Å²) in [5.74, 6) is -1.03. The van der Waals surface area contributed by atoms with E-state index in [0.29, 0.717) is 41.8 Å². The number of halogens is 2. The maximum absolute atomic E-state index is 12.4. The number of anilines is 1. The largest absolute Gasteiger partial charge is 0.489 e. The molecule has 1 aliphatic rings. The Morgan fingerprint density at radius 1 is 1.10 bits per heavy atom. The Bertz CT molecular complexity index is 998. The molecule has 0 aromatic heterocycles. The molecule has 0 saturated heterocycles. The monoisotopic (exact) mass is 466 g/mol. The number of likely N-dealkylation sites (N-methyl/N-ethyl adjacent to an activating group) is 1. The summed E-state index contributed by atoms with van der Waals surface area (Å²) in [7, 11) is 1.42. The van der Waals surface area contributed by atoms with Crippen LogP contribution in [0.2, 0.25) is 10.0 Å². The predicted octanol–water partition coefficient (Wildman–Crippen LogP) is 3.41. The summed E-state index contributed by atoms with van der Waals surface area (Å²) < 4.78 is 16.1. The van der Waals surface area contributed by atoms with Gasteiger partial charge in [0.05, 0.1) is 41.1 Å². The predicted molar refractivity (Wildman–Crippen MR) is 115 cm³/mol. The molecule has 31 heavy (non-hydrogen) atoms. The summed E-state index contributed by atoms with van der Waals surface area (Å²) in [6.45, 7) is 0.112. The Morgan fingerprint density at radius 2 is 1.84 bits per heavy atom. The van der Waals surface area contributed by atoms with Gasteiger partial charge in [-0.05, 0) is 24.3 Å². The second kappa shape index (κ2) is 10.4. The first-order valence-electron chi connectivity index (χ1n) is 9.39. The zero-order valence-electron chi connectivity index (χ0n) is 16.7. The molecule has 1 heterocycles. The molecule has 0 atom stereocenters. The van der Waals surface area contributed by atoms with Crippen molar-refractivity contribution in [1.82, 2.24) is 4.90 Å². The maximum atomic E-state index is 12.4. The molecule has 0 unspecified atom stereocenters. The number of rotatable bonds is 6. The fourth-order valence-electron chi connectivity index (χ4n) is 2.73. The number of benzene rings is 2. The number of para-hydroxylation sites is 1. The van der Waals surface area contributed by atoms with Crippen LogP contribution in [0, 0.1) is 0 Å². The smallest absolute Gasteiger partial charge is 0.338 e. The summed E-state index contributed by atoms with van der Waals surface area (Å²) in [6, 6.07) is 9.59. The van der Waals surface area contributed by atoms with E-state index in [0.717, 1.165) is 4.90 Å². The highest BCUT2D eigenvalue weighted by molar-refractivity contribution is 6.33. The van der Waals surface area contributed by atoms with E-state index in [1.807, 2.05) is 0 Å². The lowest BCUT2D eigenvalue weighted by molar-refractivity contribution is -0.136. The molecule has 164 valence electrons. The van der Waals surface area contributed by atoms with Gasteiger partial charge in [0.25, 0.3) is 5.91 Å². The van der Waals surface area contributed by atoms with Gasteiger partial charge in [0.15, 0.2) is 18.1 Å². The molecule has 0 spiro atoms. The summed E-state index contributed by atoms with van der Waals surface area (Å²) in [6.07, 6.45) is 0.690. The van der Waals surface area contributed by atoms with Gasteiger partial charge < -0.3 is 24.4 Å². The number of fused-ring (bicyclic) bond motifs is 1. The van der Waals surface area contributed by atoms with E-state index in [2.05, 4.69) is 5.32 Å². The Morgan fingerprint density at radius 3 is 2.61 bits per heavy atom. The van der Waals surface area contributed by atoms with Crippen LogP contribution in [0.15, 0.2) is 36.4 Å². The molecule has 10 heteroatoms. The minimum atomic E-state index is -0.750. The Balaban J connectivity index is 1.53. The third-order valence-electron chi connectivity index (χ3n) is 4.32. The zero-order valence-corrected chi connectivity index (χ0v) is 18.2. The molecule has 1 aliphatic heterocycles. The number of nitrogens with one attached hydrogen (secondary N) is 1. The quantitative estimate of drug-likeness (QED) is 0.655. The van der Waals surface area contributed by atoms with E-state index in [1.54, 1.807) is 24.3 Å². The second-order valence-corrected chi connectivity index (χ2v) is 7.50. The normalized spacial score (nSPS) is 12.5. The number of hydrogen-bond acceptors (Lipinski definition) is 6. The lowest BCUT2D eigenvalue weighted by Crippen LogP contribution is -2.37. The van der Waals surface area contributed by atoms with Crippen molar-refractivity contribution >= 4 is 46.7 Å². The lowest BCUT2D eigenvalue weighted by atomic mass is 10.2. The van der Waals surface area contributed by atoms with Crippen LogP contribution >= 0.6 is 23.2 Å². The van der Waals surface area contributed by atoms with Crippen molar-refractivity contribution in [2.45, 2.75) is 6.42 Å². The molecule has 0 bridgehead atoms. The molecule has 0 saturated carbocycles. The molecular weight excluding hydrogens is 447 g/mol. The molecule has 2 amide bonds. The summed E-state index contributed by atoms with van der Waals surface area (Å²) in [5, 5.41) is 3.21. The van der Waals surface area contributed by atoms with Gasteiger partial charge in [-0.15, -0.1) is 0 Å². The number of carbonyl (C=O) groups excluding carboxylic acids is 3. The minimum absolute atomic E-state index is 0.126. The van der Waals surface area contributed by atoms with E-state index in [9.17, 15) is 14.4 Å². The summed E-state index contributed by atoms with van der Waals surface area (Å²) in [4.78, 5) is 37.9. The van der Waals surface area contributed by atoms with Crippen LogP contribution in [0.5, 0.6) is 11.5 Å². The summed E-state index contributed by atoms with van der Waals surface area (Å²) in [5.41, 5.74) is 0.564. The number of esters is 1. The van der Waals surface area contributed by atoms with Gasteiger partial charge in [0.1, 0.15) is 0 Å². The van der Waals surface area contributed by atoms with E-state index in [4.69, 9.17) is 37.4 Å². The number of ether oxygens (including phenoxy) is 3. The van der Waals surface area contributed by atoms with Gasteiger partial charge >= 0.3 is 5.97 Å². The zero-order chi connectivity index (χ0) is 22.4. The first-order chi connectivity index (χ1) is 14.8. The minimum Gasteiger partial charge on any atom is -0.489 e. The van der Waals surface area contributed by atoms with E-state index in [-0.39, 0.29) is 17.1 Å². The average Bonchev–Trinajstić information content (AvgIpc) is 2.99. The van der Waals surface area contributed by atoms with Crippen LogP contribution in [0.25, 0.3) is 0 Å². The molecular formula is C21H20Cl2N2O6. The van der Waals surface area contributed by atoms with Crippen LogP contribution in [0.4, 0.5) is 5.69 Å². The second-order valence-electron chi connectivity index (χ2n) is 6.69. The molecule has 2 aromatic carbocycles. The van der Waals surface area contributed by atoms with E-state index in [1.165, 1.54) is 19.2 Å². The van der Waals surface area contributed by atoms with E-state index < -0.39 is 24.4 Å². The highest BCUT2D eigenvalue weighted by Gasteiger charge is 2.21. The first kappa shape index (κ1) is 22.7. The lowest BCUT2D eigenvalue weighted by Gasteiger charge is -2.17. The fourth-order valence-corrected chi connectivity index (χ4v) is 3.17. The molecule has 3 rings (SSSR count). The molecule has 0 fully saturated rings. The molecule has 1 N–H and O–H groups in total. The van der Waals surface area contributed by atoms with Crippen LogP contribution in [0.3, 0.4) is 0 Å². The average molecular weight is 467 g/mol. The number of amides is 2. The molecule has 0 aliphatic carbocycles. The van der Waals surface area contributed by atoms with Crippen molar-refractivity contribution in [2.24, 2.45) is 0 Å². The molecule has 0 radical (unpaired) electrons. The fraction of sp³-hybridized carbons (Fsp3) is 0.286. The first-order valence-corrected chi connectivity index (χ1v) is 10.2. The van der Waals surface area contributed by atoms with Crippen molar-refractivity contribution in [3.8, 4) is 11.5 Å². The number of carbonyl (C=O) groups is 3. The van der Waals surface area contributed by atoms with Crippen molar-refractivity contribution in [2.75, 3.05) is 38.7 Å².